The first-order valence-corrected chi connectivity index (χ1v) is 6.88. The maximum Gasteiger partial charge on any atom is 0.189 e. The van der Waals surface area contributed by atoms with Crippen LogP contribution in [0.5, 0.6) is 0 Å². The van der Waals surface area contributed by atoms with Crippen molar-refractivity contribution in [1.29, 1.82) is 0 Å². The van der Waals surface area contributed by atoms with Gasteiger partial charge in [0, 0.05) is 12.2 Å². The van der Waals surface area contributed by atoms with Gasteiger partial charge in [0.25, 0.3) is 0 Å². The van der Waals surface area contributed by atoms with E-state index in [9.17, 15) is 0 Å². The molecule has 5 nitrogen and oxygen atoms in total. The Kier molecular flexibility index (Phi) is 4.77. The highest BCUT2D eigenvalue weighted by Crippen LogP contribution is 2.17. The van der Waals surface area contributed by atoms with Crippen molar-refractivity contribution in [3.8, 4) is 5.69 Å². The van der Waals surface area contributed by atoms with Gasteiger partial charge in [-0.25, -0.2) is 9.67 Å². The zero-order valence-electron chi connectivity index (χ0n) is 12.5. The lowest BCUT2D eigenvalue weighted by molar-refractivity contribution is 0.816. The molecule has 0 bridgehead atoms. The van der Waals surface area contributed by atoms with E-state index in [1.807, 2.05) is 42.8 Å². The Bertz CT molecular complexity index is 654. The molecule has 0 saturated carbocycles. The Balaban J connectivity index is 2.25. The minimum absolute atomic E-state index is 0.415. The minimum atomic E-state index is 0.415. The Labute approximate surface area is 125 Å². The van der Waals surface area contributed by atoms with Gasteiger partial charge in [0.2, 0.25) is 0 Å². The smallest absolute Gasteiger partial charge is 0.189 e. The van der Waals surface area contributed by atoms with Crippen LogP contribution in [0.1, 0.15) is 17.0 Å². The number of nitrogens with one attached hydrogen (secondary N) is 1. The normalized spacial score (nSPS) is 11.4. The maximum absolute atomic E-state index is 5.80. The second-order valence-corrected chi connectivity index (χ2v) is 4.84. The first kappa shape index (κ1) is 14.8. The van der Waals surface area contributed by atoms with Gasteiger partial charge in [0.05, 0.1) is 17.9 Å². The van der Waals surface area contributed by atoms with Crippen LogP contribution in [0.4, 0.5) is 0 Å². The quantitative estimate of drug-likeness (QED) is 0.501. The summed E-state index contributed by atoms with van der Waals surface area (Å²) in [6, 6.07) is 10.1. The third kappa shape index (κ3) is 3.72. The summed E-state index contributed by atoms with van der Waals surface area (Å²) >= 11 is 0. The SMILES string of the molecule is C=CCNC(N)=NCc1ccccc1-n1nc(C)cc1C. The number of aryl methyl sites for hydroxylation is 2. The zero-order valence-corrected chi connectivity index (χ0v) is 12.5. The summed E-state index contributed by atoms with van der Waals surface area (Å²) in [4.78, 5) is 4.35. The van der Waals surface area contributed by atoms with Crippen LogP contribution >= 0.6 is 0 Å². The molecule has 0 unspecified atom stereocenters. The third-order valence-electron chi connectivity index (χ3n) is 3.08. The molecule has 1 aromatic carbocycles. The van der Waals surface area contributed by atoms with Crippen molar-refractivity contribution < 1.29 is 0 Å². The molecule has 0 radical (unpaired) electrons. The van der Waals surface area contributed by atoms with E-state index in [1.54, 1.807) is 6.08 Å². The van der Waals surface area contributed by atoms with E-state index in [2.05, 4.69) is 28.1 Å². The predicted molar refractivity (Wildman–Crippen MR) is 86.6 cm³/mol. The topological polar surface area (TPSA) is 68.2 Å². The van der Waals surface area contributed by atoms with Crippen LogP contribution in [-0.2, 0) is 6.54 Å². The summed E-state index contributed by atoms with van der Waals surface area (Å²) in [7, 11) is 0. The van der Waals surface area contributed by atoms with E-state index in [-0.39, 0.29) is 0 Å². The lowest BCUT2D eigenvalue weighted by Gasteiger charge is -2.10. The first-order valence-electron chi connectivity index (χ1n) is 6.88. The molecule has 5 heteroatoms. The molecule has 0 spiro atoms. The number of benzene rings is 1. The fraction of sp³-hybridized carbons (Fsp3) is 0.250. The number of guanidine groups is 1. The van der Waals surface area contributed by atoms with Crippen LogP contribution < -0.4 is 11.1 Å². The standard InChI is InChI=1S/C16H21N5/c1-4-9-18-16(17)19-11-14-7-5-6-8-15(14)21-13(3)10-12(2)20-21/h4-8,10H,1,9,11H2,2-3H3,(H3,17,18,19). The van der Waals surface area contributed by atoms with Crippen LogP contribution in [0.15, 0.2) is 48.0 Å². The number of aromatic nitrogens is 2. The first-order chi connectivity index (χ1) is 10.1. The molecule has 3 N–H and O–H groups in total. The number of para-hydroxylation sites is 1. The lowest BCUT2D eigenvalue weighted by Crippen LogP contribution is -2.31. The van der Waals surface area contributed by atoms with Crippen molar-refractivity contribution in [3.05, 3.63) is 59.9 Å². The number of hydrogen-bond acceptors (Lipinski definition) is 2. The number of nitrogens with zero attached hydrogens (tertiary/aromatic N) is 3. The Morgan fingerprint density at radius 1 is 1.43 bits per heavy atom. The summed E-state index contributed by atoms with van der Waals surface area (Å²) < 4.78 is 1.94. The summed E-state index contributed by atoms with van der Waals surface area (Å²) in [5.41, 5.74) is 10.0. The van der Waals surface area contributed by atoms with E-state index in [0.29, 0.717) is 19.0 Å². The molecule has 0 fully saturated rings. The second-order valence-electron chi connectivity index (χ2n) is 4.84. The zero-order chi connectivity index (χ0) is 15.2. The average molecular weight is 283 g/mol. The van der Waals surface area contributed by atoms with Crippen molar-refractivity contribution in [3.63, 3.8) is 0 Å². The fourth-order valence-corrected chi connectivity index (χ4v) is 2.13. The van der Waals surface area contributed by atoms with Crippen LogP contribution in [0.3, 0.4) is 0 Å². The fourth-order valence-electron chi connectivity index (χ4n) is 2.13. The highest BCUT2D eigenvalue weighted by molar-refractivity contribution is 5.78. The molecule has 2 aromatic rings. The molecule has 21 heavy (non-hydrogen) atoms. The molecule has 0 saturated heterocycles. The van der Waals surface area contributed by atoms with E-state index in [0.717, 1.165) is 22.6 Å². The number of hydrogen-bond donors (Lipinski definition) is 2. The van der Waals surface area contributed by atoms with Gasteiger partial charge >= 0.3 is 0 Å². The number of rotatable bonds is 5. The van der Waals surface area contributed by atoms with Gasteiger partial charge < -0.3 is 11.1 Å². The lowest BCUT2D eigenvalue weighted by atomic mass is 10.2. The molecule has 1 aromatic heterocycles. The van der Waals surface area contributed by atoms with E-state index in [1.165, 1.54) is 0 Å². The molecule has 0 aliphatic rings. The third-order valence-corrected chi connectivity index (χ3v) is 3.08. The number of aliphatic imine (C=N–C) groups is 1. The number of nitrogens with two attached hydrogens (primary N) is 1. The minimum Gasteiger partial charge on any atom is -0.370 e. The Hall–Kier alpha value is -2.56. The largest absolute Gasteiger partial charge is 0.370 e. The van der Waals surface area contributed by atoms with Crippen molar-refractivity contribution in [2.75, 3.05) is 6.54 Å². The monoisotopic (exact) mass is 283 g/mol. The Morgan fingerprint density at radius 3 is 2.86 bits per heavy atom. The summed E-state index contributed by atoms with van der Waals surface area (Å²) in [5.74, 6) is 0.415. The highest BCUT2D eigenvalue weighted by atomic mass is 15.3. The van der Waals surface area contributed by atoms with Gasteiger partial charge in [-0.15, -0.1) is 6.58 Å². The molecule has 0 atom stereocenters. The van der Waals surface area contributed by atoms with Gasteiger partial charge in [0.15, 0.2) is 5.96 Å². The summed E-state index contributed by atoms with van der Waals surface area (Å²) in [6.07, 6.45) is 1.74. The summed E-state index contributed by atoms with van der Waals surface area (Å²) in [5, 5.41) is 7.49. The van der Waals surface area contributed by atoms with Crippen molar-refractivity contribution >= 4 is 5.96 Å². The van der Waals surface area contributed by atoms with Crippen molar-refractivity contribution in [1.82, 2.24) is 15.1 Å². The van der Waals surface area contributed by atoms with Crippen LogP contribution in [0.25, 0.3) is 5.69 Å². The molecule has 1 heterocycles. The molecule has 0 aliphatic carbocycles. The molecular weight excluding hydrogens is 262 g/mol. The molecule has 2 rings (SSSR count). The maximum atomic E-state index is 5.80. The average Bonchev–Trinajstić information content (AvgIpc) is 2.81. The highest BCUT2D eigenvalue weighted by Gasteiger charge is 2.08. The van der Waals surface area contributed by atoms with E-state index < -0.39 is 0 Å². The van der Waals surface area contributed by atoms with Crippen molar-refractivity contribution in [2.24, 2.45) is 10.7 Å². The van der Waals surface area contributed by atoms with Gasteiger partial charge in [-0.05, 0) is 31.5 Å². The Morgan fingerprint density at radius 2 is 2.19 bits per heavy atom. The second kappa shape index (κ2) is 6.74. The van der Waals surface area contributed by atoms with E-state index >= 15 is 0 Å². The van der Waals surface area contributed by atoms with Crippen LogP contribution in [0.2, 0.25) is 0 Å². The molecular formula is C16H21N5. The van der Waals surface area contributed by atoms with Crippen LogP contribution in [-0.4, -0.2) is 22.3 Å². The molecule has 0 aliphatic heterocycles. The van der Waals surface area contributed by atoms with Gasteiger partial charge in [-0.1, -0.05) is 24.3 Å². The van der Waals surface area contributed by atoms with Crippen molar-refractivity contribution in [2.45, 2.75) is 20.4 Å². The van der Waals surface area contributed by atoms with E-state index in [4.69, 9.17) is 5.73 Å². The summed E-state index contributed by atoms with van der Waals surface area (Å²) in [6.45, 7) is 8.77. The van der Waals surface area contributed by atoms with Gasteiger partial charge in [-0.3, -0.25) is 0 Å². The predicted octanol–water partition coefficient (Wildman–Crippen LogP) is 2.08. The van der Waals surface area contributed by atoms with Gasteiger partial charge in [0.1, 0.15) is 0 Å². The molecule has 0 amide bonds. The van der Waals surface area contributed by atoms with Crippen LogP contribution in [0, 0.1) is 13.8 Å². The molecule has 110 valence electrons. The van der Waals surface area contributed by atoms with Gasteiger partial charge in [-0.2, -0.15) is 5.10 Å².